The number of rotatable bonds is 8. The molecule has 1 unspecified atom stereocenters. The van der Waals surface area contributed by atoms with Crippen LogP contribution in [0.4, 0.5) is 0 Å². The summed E-state index contributed by atoms with van der Waals surface area (Å²) < 4.78 is 0. The van der Waals surface area contributed by atoms with Gasteiger partial charge in [0.25, 0.3) is 0 Å². The predicted molar refractivity (Wildman–Crippen MR) is 135 cm³/mol. The van der Waals surface area contributed by atoms with E-state index in [1.54, 1.807) is 42.5 Å². The number of likely N-dealkylation sites (tertiary alicyclic amines) is 1. The van der Waals surface area contributed by atoms with Crippen LogP contribution in [-0.2, 0) is 16.1 Å². The summed E-state index contributed by atoms with van der Waals surface area (Å²) in [5, 5.41) is 13.1. The van der Waals surface area contributed by atoms with Gasteiger partial charge in [0.15, 0.2) is 5.78 Å². The second-order valence-corrected chi connectivity index (χ2v) is 9.83. The number of carbonyl (C=O) groups excluding carboxylic acids is 3. The van der Waals surface area contributed by atoms with Crippen LogP contribution < -0.4 is 5.32 Å². The zero-order valence-corrected chi connectivity index (χ0v) is 20.6. The predicted octanol–water partition coefficient (Wildman–Crippen LogP) is 3.61. The molecule has 3 aromatic rings. The summed E-state index contributed by atoms with van der Waals surface area (Å²) in [4.78, 5) is 45.4. The average molecular weight is 492 g/mol. The van der Waals surface area contributed by atoms with Crippen molar-refractivity contribution in [3.8, 4) is 10.4 Å². The van der Waals surface area contributed by atoms with Crippen LogP contribution in [0.2, 0.25) is 0 Å². The third-order valence-corrected chi connectivity index (χ3v) is 7.28. The number of β-amino-alcohol motifs (C(OH)–C–C–N with tert-alkyl or cyclic N) is 1. The third kappa shape index (κ3) is 5.83. The van der Waals surface area contributed by atoms with Crippen molar-refractivity contribution in [3.05, 3.63) is 76.9 Å². The van der Waals surface area contributed by atoms with E-state index in [9.17, 15) is 19.5 Å². The largest absolute Gasteiger partial charge is 0.391 e. The second-order valence-electron chi connectivity index (χ2n) is 8.97. The van der Waals surface area contributed by atoms with Crippen LogP contribution in [0.25, 0.3) is 10.4 Å². The maximum absolute atomic E-state index is 13.1. The molecule has 35 heavy (non-hydrogen) atoms. The Morgan fingerprint density at radius 1 is 1.14 bits per heavy atom. The maximum Gasteiger partial charge on any atom is 0.243 e. The molecule has 4 rings (SSSR count). The number of hydrogen-bond donors (Lipinski definition) is 2. The molecule has 0 saturated carbocycles. The first-order chi connectivity index (χ1) is 16.8. The Bertz CT molecular complexity index is 1190. The SMILES string of the molecule is Cc1ncsc1-c1ccc(CNC(=O)[C@@H]2C[C@@H](O)CN2C(=O)C(C)CC(=O)c2ccccc2)cc1. The van der Waals surface area contributed by atoms with Crippen molar-refractivity contribution in [3.63, 3.8) is 0 Å². The second kappa shape index (κ2) is 10.9. The lowest BCUT2D eigenvalue weighted by Crippen LogP contribution is -2.47. The molecule has 2 aromatic carbocycles. The first kappa shape index (κ1) is 24.8. The normalized spacial score (nSPS) is 18.3. The summed E-state index contributed by atoms with van der Waals surface area (Å²) in [5.74, 6) is -1.32. The molecule has 0 bridgehead atoms. The van der Waals surface area contributed by atoms with Crippen molar-refractivity contribution in [2.75, 3.05) is 6.54 Å². The number of aryl methyl sites for hydroxylation is 1. The molecular weight excluding hydrogens is 462 g/mol. The van der Waals surface area contributed by atoms with Crippen molar-refractivity contribution in [2.45, 2.75) is 45.4 Å². The monoisotopic (exact) mass is 491 g/mol. The molecule has 0 spiro atoms. The first-order valence-corrected chi connectivity index (χ1v) is 12.6. The van der Waals surface area contributed by atoms with Gasteiger partial charge in [0.05, 0.1) is 22.2 Å². The highest BCUT2D eigenvalue weighted by molar-refractivity contribution is 7.13. The molecule has 2 heterocycles. The van der Waals surface area contributed by atoms with Gasteiger partial charge in [-0.05, 0) is 18.1 Å². The minimum absolute atomic E-state index is 0.0510. The van der Waals surface area contributed by atoms with E-state index < -0.39 is 18.1 Å². The zero-order chi connectivity index (χ0) is 24.9. The molecule has 1 aliphatic heterocycles. The van der Waals surface area contributed by atoms with Crippen molar-refractivity contribution in [1.82, 2.24) is 15.2 Å². The minimum atomic E-state index is -0.770. The number of aliphatic hydroxyl groups is 1. The Morgan fingerprint density at radius 3 is 2.51 bits per heavy atom. The van der Waals surface area contributed by atoms with E-state index in [0.29, 0.717) is 12.1 Å². The molecule has 1 aromatic heterocycles. The van der Waals surface area contributed by atoms with E-state index >= 15 is 0 Å². The van der Waals surface area contributed by atoms with Gasteiger partial charge in [-0.2, -0.15) is 0 Å². The average Bonchev–Trinajstić information content (AvgIpc) is 3.48. The lowest BCUT2D eigenvalue weighted by Gasteiger charge is -2.26. The van der Waals surface area contributed by atoms with Crippen molar-refractivity contribution < 1.29 is 19.5 Å². The van der Waals surface area contributed by atoms with Gasteiger partial charge in [-0.25, -0.2) is 4.98 Å². The zero-order valence-electron chi connectivity index (χ0n) is 19.8. The summed E-state index contributed by atoms with van der Waals surface area (Å²) >= 11 is 1.59. The number of aliphatic hydroxyl groups excluding tert-OH is 1. The Morgan fingerprint density at radius 2 is 1.86 bits per heavy atom. The van der Waals surface area contributed by atoms with Gasteiger partial charge >= 0.3 is 0 Å². The highest BCUT2D eigenvalue weighted by Crippen LogP contribution is 2.27. The summed E-state index contributed by atoms with van der Waals surface area (Å²) in [6, 6.07) is 16.0. The van der Waals surface area contributed by atoms with Crippen LogP contribution in [0.3, 0.4) is 0 Å². The van der Waals surface area contributed by atoms with Crippen LogP contribution in [0.5, 0.6) is 0 Å². The van der Waals surface area contributed by atoms with E-state index in [-0.39, 0.29) is 37.0 Å². The highest BCUT2D eigenvalue weighted by atomic mass is 32.1. The fourth-order valence-corrected chi connectivity index (χ4v) is 5.17. The van der Waals surface area contributed by atoms with Crippen molar-refractivity contribution in [1.29, 1.82) is 0 Å². The van der Waals surface area contributed by atoms with E-state index in [1.165, 1.54) is 4.90 Å². The Kier molecular flexibility index (Phi) is 7.73. The van der Waals surface area contributed by atoms with Gasteiger partial charge in [-0.1, -0.05) is 61.5 Å². The standard InChI is InChI=1S/C27H29N3O4S/c1-17(12-24(32)20-6-4-3-5-7-20)27(34)30-15-22(31)13-23(30)26(33)28-14-19-8-10-21(11-9-19)25-18(2)29-16-35-25/h3-11,16-17,22-23,31H,12-15H2,1-2H3,(H,28,33)/t17?,22-,23+/m1/s1. The molecule has 182 valence electrons. The highest BCUT2D eigenvalue weighted by Gasteiger charge is 2.40. The number of hydrogen-bond acceptors (Lipinski definition) is 6. The van der Waals surface area contributed by atoms with Gasteiger partial charge in [0, 0.05) is 37.4 Å². The van der Waals surface area contributed by atoms with Crippen LogP contribution in [0.1, 0.15) is 41.4 Å². The van der Waals surface area contributed by atoms with Gasteiger partial charge < -0.3 is 15.3 Å². The number of carbonyl (C=O) groups is 3. The summed E-state index contributed by atoms with van der Waals surface area (Å²) in [6.07, 6.45) is -0.538. The molecule has 7 nitrogen and oxygen atoms in total. The number of aromatic nitrogens is 1. The molecule has 1 aliphatic rings. The van der Waals surface area contributed by atoms with Crippen LogP contribution in [-0.4, -0.2) is 51.3 Å². The molecule has 8 heteroatoms. The lowest BCUT2D eigenvalue weighted by atomic mass is 9.98. The quantitative estimate of drug-likeness (QED) is 0.469. The third-order valence-electron chi connectivity index (χ3n) is 6.30. The molecule has 0 radical (unpaired) electrons. The number of ketones is 1. The van der Waals surface area contributed by atoms with Crippen molar-refractivity contribution in [2.24, 2.45) is 5.92 Å². The van der Waals surface area contributed by atoms with Crippen LogP contribution >= 0.6 is 11.3 Å². The number of amides is 2. The molecular formula is C27H29N3O4S. The van der Waals surface area contributed by atoms with E-state index in [2.05, 4.69) is 10.3 Å². The lowest BCUT2D eigenvalue weighted by molar-refractivity contribution is -0.141. The first-order valence-electron chi connectivity index (χ1n) is 11.7. The number of Topliss-reactive ketones (excluding diaryl/α,β-unsaturated/α-hetero) is 1. The van der Waals surface area contributed by atoms with Crippen LogP contribution in [0.15, 0.2) is 60.1 Å². The molecule has 2 amide bonds. The molecule has 2 N–H and O–H groups in total. The minimum Gasteiger partial charge on any atom is -0.391 e. The van der Waals surface area contributed by atoms with Crippen molar-refractivity contribution >= 4 is 28.9 Å². The number of thiazole rings is 1. The number of nitrogens with zero attached hydrogens (tertiary/aromatic N) is 2. The summed E-state index contributed by atoms with van der Waals surface area (Å²) in [6.45, 7) is 4.07. The van der Waals surface area contributed by atoms with Gasteiger partial charge in [-0.15, -0.1) is 11.3 Å². The Hall–Kier alpha value is -3.36. The van der Waals surface area contributed by atoms with Gasteiger partial charge in [0.2, 0.25) is 11.8 Å². The van der Waals surface area contributed by atoms with Crippen LogP contribution in [0, 0.1) is 12.8 Å². The number of benzene rings is 2. The summed E-state index contributed by atoms with van der Waals surface area (Å²) in [7, 11) is 0. The smallest absolute Gasteiger partial charge is 0.243 e. The van der Waals surface area contributed by atoms with E-state index in [0.717, 1.165) is 21.7 Å². The maximum atomic E-state index is 13.1. The van der Waals surface area contributed by atoms with Gasteiger partial charge in [0.1, 0.15) is 6.04 Å². The fourth-order valence-electron chi connectivity index (χ4n) is 4.36. The van der Waals surface area contributed by atoms with Gasteiger partial charge in [-0.3, -0.25) is 14.4 Å². The Balaban J connectivity index is 1.35. The Labute approximate surface area is 208 Å². The molecule has 1 fully saturated rings. The van der Waals surface area contributed by atoms with E-state index in [4.69, 9.17) is 0 Å². The summed E-state index contributed by atoms with van der Waals surface area (Å²) in [5.41, 5.74) is 5.37. The fraction of sp³-hybridized carbons (Fsp3) is 0.333. The topological polar surface area (TPSA) is 99.6 Å². The molecule has 0 aliphatic carbocycles. The molecule has 3 atom stereocenters. The number of nitrogens with one attached hydrogen (secondary N) is 1. The molecule has 1 saturated heterocycles. The van der Waals surface area contributed by atoms with E-state index in [1.807, 2.05) is 42.8 Å².